The van der Waals surface area contributed by atoms with Gasteiger partial charge in [-0.1, -0.05) is 32.6 Å². The van der Waals surface area contributed by atoms with Crippen molar-refractivity contribution in [1.29, 1.82) is 0 Å². The normalized spacial score (nSPS) is 23.1. The smallest absolute Gasteiger partial charge is 0.146 e. The van der Waals surface area contributed by atoms with Gasteiger partial charge in [0.2, 0.25) is 0 Å². The van der Waals surface area contributed by atoms with Crippen LogP contribution in [0, 0.1) is 11.7 Å². The van der Waals surface area contributed by atoms with Gasteiger partial charge in [-0.05, 0) is 37.3 Å². The van der Waals surface area contributed by atoms with Gasteiger partial charge < -0.3 is 10.1 Å². The van der Waals surface area contributed by atoms with E-state index >= 15 is 0 Å². The summed E-state index contributed by atoms with van der Waals surface area (Å²) < 4.78 is 19.0. The summed E-state index contributed by atoms with van der Waals surface area (Å²) >= 11 is 0. The van der Waals surface area contributed by atoms with Crippen molar-refractivity contribution in [3.05, 3.63) is 24.0 Å². The van der Waals surface area contributed by atoms with Crippen molar-refractivity contribution >= 4 is 5.69 Å². The van der Waals surface area contributed by atoms with Crippen LogP contribution in [-0.4, -0.2) is 13.2 Å². The van der Waals surface area contributed by atoms with Crippen molar-refractivity contribution in [1.82, 2.24) is 0 Å². The van der Waals surface area contributed by atoms with Crippen LogP contribution < -0.4 is 10.1 Å². The Hall–Kier alpha value is -1.25. The standard InChI is InChI=1S/C17H26FNO/c1-3-5-13-6-4-7-14(9-8-13)19-17-12-15(20-2)10-11-16(17)18/h10-14,19H,3-9H2,1-2H3. The molecule has 1 aliphatic rings. The first-order valence-electron chi connectivity index (χ1n) is 7.83. The molecule has 3 heteroatoms. The number of ether oxygens (including phenoxy) is 1. The number of benzene rings is 1. The fourth-order valence-electron chi connectivity index (χ4n) is 3.18. The maximum absolute atomic E-state index is 13.8. The number of hydrogen-bond acceptors (Lipinski definition) is 2. The Kier molecular flexibility index (Phi) is 5.69. The first kappa shape index (κ1) is 15.1. The number of methoxy groups -OCH3 is 1. The molecule has 2 atom stereocenters. The van der Waals surface area contributed by atoms with E-state index in [-0.39, 0.29) is 5.82 Å². The Labute approximate surface area is 121 Å². The Morgan fingerprint density at radius 2 is 2.10 bits per heavy atom. The van der Waals surface area contributed by atoms with Gasteiger partial charge in [0.05, 0.1) is 12.8 Å². The van der Waals surface area contributed by atoms with Crippen LogP contribution in [0.1, 0.15) is 51.9 Å². The minimum atomic E-state index is -0.194. The minimum Gasteiger partial charge on any atom is -0.497 e. The summed E-state index contributed by atoms with van der Waals surface area (Å²) in [6.45, 7) is 2.26. The average molecular weight is 279 g/mol. The van der Waals surface area contributed by atoms with E-state index in [2.05, 4.69) is 12.2 Å². The van der Waals surface area contributed by atoms with Crippen LogP contribution in [0.5, 0.6) is 5.75 Å². The molecule has 1 aromatic rings. The second-order valence-electron chi connectivity index (χ2n) is 5.85. The molecule has 1 fully saturated rings. The fourth-order valence-corrected chi connectivity index (χ4v) is 3.18. The van der Waals surface area contributed by atoms with Gasteiger partial charge in [-0.2, -0.15) is 0 Å². The zero-order valence-corrected chi connectivity index (χ0v) is 12.6. The van der Waals surface area contributed by atoms with Gasteiger partial charge in [-0.25, -0.2) is 4.39 Å². The van der Waals surface area contributed by atoms with Crippen molar-refractivity contribution in [3.63, 3.8) is 0 Å². The maximum Gasteiger partial charge on any atom is 0.146 e. The van der Waals surface area contributed by atoms with Crippen molar-refractivity contribution in [2.45, 2.75) is 57.9 Å². The molecule has 1 saturated carbocycles. The van der Waals surface area contributed by atoms with Gasteiger partial charge in [-0.3, -0.25) is 0 Å². The molecule has 0 bridgehead atoms. The third-order valence-corrected chi connectivity index (χ3v) is 4.32. The predicted octanol–water partition coefficient (Wildman–Crippen LogP) is 5.00. The average Bonchev–Trinajstić information content (AvgIpc) is 2.67. The quantitative estimate of drug-likeness (QED) is 0.766. The molecule has 0 radical (unpaired) electrons. The first-order chi connectivity index (χ1) is 9.72. The summed E-state index contributed by atoms with van der Waals surface area (Å²) in [7, 11) is 1.61. The second kappa shape index (κ2) is 7.51. The Morgan fingerprint density at radius 3 is 2.85 bits per heavy atom. The number of hydrogen-bond donors (Lipinski definition) is 1. The summed E-state index contributed by atoms with van der Waals surface area (Å²) in [6.07, 6.45) is 8.71. The topological polar surface area (TPSA) is 21.3 Å². The summed E-state index contributed by atoms with van der Waals surface area (Å²) in [5.74, 6) is 1.37. The highest BCUT2D eigenvalue weighted by Crippen LogP contribution is 2.29. The molecule has 2 rings (SSSR count). The summed E-state index contributed by atoms with van der Waals surface area (Å²) in [5.41, 5.74) is 0.572. The van der Waals surface area contributed by atoms with Crippen LogP contribution in [0.25, 0.3) is 0 Å². The fraction of sp³-hybridized carbons (Fsp3) is 0.647. The van der Waals surface area contributed by atoms with E-state index in [1.807, 2.05) is 0 Å². The molecule has 2 nitrogen and oxygen atoms in total. The highest BCUT2D eigenvalue weighted by Gasteiger charge is 2.19. The molecule has 2 unspecified atom stereocenters. The molecule has 20 heavy (non-hydrogen) atoms. The Balaban J connectivity index is 1.96. The van der Waals surface area contributed by atoms with Crippen molar-refractivity contribution < 1.29 is 9.13 Å². The molecule has 1 aliphatic carbocycles. The van der Waals surface area contributed by atoms with Gasteiger partial charge in [0.1, 0.15) is 11.6 Å². The molecule has 1 N–H and O–H groups in total. The van der Waals surface area contributed by atoms with Crippen molar-refractivity contribution in [2.75, 3.05) is 12.4 Å². The Bertz CT molecular complexity index is 421. The monoisotopic (exact) mass is 279 g/mol. The number of rotatable bonds is 5. The van der Waals surface area contributed by atoms with E-state index in [0.717, 1.165) is 18.8 Å². The molecule has 0 spiro atoms. The third kappa shape index (κ3) is 4.12. The third-order valence-electron chi connectivity index (χ3n) is 4.32. The lowest BCUT2D eigenvalue weighted by Gasteiger charge is -2.19. The predicted molar refractivity (Wildman–Crippen MR) is 81.8 cm³/mol. The molecule has 0 saturated heterocycles. The lowest BCUT2D eigenvalue weighted by atomic mass is 9.95. The first-order valence-corrected chi connectivity index (χ1v) is 7.83. The van der Waals surface area contributed by atoms with Crippen LogP contribution in [0.3, 0.4) is 0 Å². The minimum absolute atomic E-state index is 0.194. The van der Waals surface area contributed by atoms with E-state index in [9.17, 15) is 4.39 Å². The lowest BCUT2D eigenvalue weighted by Crippen LogP contribution is -2.19. The highest BCUT2D eigenvalue weighted by molar-refractivity contribution is 5.50. The van der Waals surface area contributed by atoms with Crippen LogP contribution >= 0.6 is 0 Å². The van der Waals surface area contributed by atoms with Crippen molar-refractivity contribution in [3.8, 4) is 5.75 Å². The van der Waals surface area contributed by atoms with E-state index in [1.165, 1.54) is 38.2 Å². The van der Waals surface area contributed by atoms with Gasteiger partial charge >= 0.3 is 0 Å². The van der Waals surface area contributed by atoms with Crippen LogP contribution in [0.4, 0.5) is 10.1 Å². The molecule has 0 aliphatic heterocycles. The van der Waals surface area contributed by atoms with E-state index in [0.29, 0.717) is 17.5 Å². The van der Waals surface area contributed by atoms with Gasteiger partial charge in [-0.15, -0.1) is 0 Å². The van der Waals surface area contributed by atoms with Crippen LogP contribution in [0.15, 0.2) is 18.2 Å². The number of anilines is 1. The number of nitrogens with one attached hydrogen (secondary N) is 1. The zero-order valence-electron chi connectivity index (χ0n) is 12.6. The van der Waals surface area contributed by atoms with Crippen LogP contribution in [0.2, 0.25) is 0 Å². The molecule has 112 valence electrons. The van der Waals surface area contributed by atoms with E-state index in [4.69, 9.17) is 4.74 Å². The van der Waals surface area contributed by atoms with Gasteiger partial charge in [0.15, 0.2) is 0 Å². The van der Waals surface area contributed by atoms with Crippen molar-refractivity contribution in [2.24, 2.45) is 5.92 Å². The highest BCUT2D eigenvalue weighted by atomic mass is 19.1. The molecule has 0 amide bonds. The second-order valence-corrected chi connectivity index (χ2v) is 5.85. The summed E-state index contributed by atoms with van der Waals surface area (Å²) in [4.78, 5) is 0. The Morgan fingerprint density at radius 1 is 1.25 bits per heavy atom. The van der Waals surface area contributed by atoms with E-state index < -0.39 is 0 Å². The SMILES string of the molecule is CCCC1CCCC(Nc2cc(OC)ccc2F)CC1. The molecule has 0 heterocycles. The number of halogens is 1. The maximum atomic E-state index is 13.8. The molecule has 1 aromatic carbocycles. The van der Waals surface area contributed by atoms with Crippen LogP contribution in [-0.2, 0) is 0 Å². The van der Waals surface area contributed by atoms with Gasteiger partial charge in [0.25, 0.3) is 0 Å². The molecular formula is C17H26FNO. The molecular weight excluding hydrogens is 253 g/mol. The zero-order chi connectivity index (χ0) is 14.4. The van der Waals surface area contributed by atoms with E-state index in [1.54, 1.807) is 19.2 Å². The lowest BCUT2D eigenvalue weighted by molar-refractivity contribution is 0.413. The molecule has 0 aromatic heterocycles. The summed E-state index contributed by atoms with van der Waals surface area (Å²) in [6, 6.07) is 5.27. The largest absolute Gasteiger partial charge is 0.497 e. The summed E-state index contributed by atoms with van der Waals surface area (Å²) in [5, 5.41) is 3.37. The van der Waals surface area contributed by atoms with Gasteiger partial charge in [0, 0.05) is 12.1 Å².